The SMILES string of the molecule is CC(C)(C)[Si](C)(C)OCCONC(=O)c1cc(/C=N/O)c(F)c(F)c1Nc1ccc(I)cc1F. The van der Waals surface area contributed by atoms with Gasteiger partial charge in [0.2, 0.25) is 0 Å². The Balaban J connectivity index is 2.23. The Morgan fingerprint density at radius 1 is 1.18 bits per heavy atom. The number of carbonyl (C=O) groups is 1. The molecule has 0 unspecified atom stereocenters. The van der Waals surface area contributed by atoms with Crippen molar-refractivity contribution in [1.82, 2.24) is 5.48 Å². The lowest BCUT2D eigenvalue weighted by atomic mass is 10.1. The summed E-state index contributed by atoms with van der Waals surface area (Å²) in [5, 5.41) is 13.8. The molecule has 34 heavy (non-hydrogen) atoms. The van der Waals surface area contributed by atoms with Gasteiger partial charge in [0.1, 0.15) is 5.82 Å². The molecule has 0 aliphatic carbocycles. The summed E-state index contributed by atoms with van der Waals surface area (Å²) in [6, 6.07) is 5.03. The second-order valence-corrected chi connectivity index (χ2v) is 15.0. The van der Waals surface area contributed by atoms with E-state index in [0.29, 0.717) is 9.78 Å². The summed E-state index contributed by atoms with van der Waals surface area (Å²) in [6.45, 7) is 10.6. The monoisotopic (exact) mass is 609 g/mol. The molecule has 0 aromatic heterocycles. The summed E-state index contributed by atoms with van der Waals surface area (Å²) in [5.41, 5.74) is 0.506. The van der Waals surface area contributed by atoms with E-state index in [2.05, 4.69) is 49.8 Å². The molecule has 0 aliphatic rings. The van der Waals surface area contributed by atoms with Gasteiger partial charge in [0, 0.05) is 9.13 Å². The van der Waals surface area contributed by atoms with Crippen molar-refractivity contribution < 1.29 is 32.4 Å². The van der Waals surface area contributed by atoms with E-state index in [-0.39, 0.29) is 23.9 Å². The quantitative estimate of drug-likeness (QED) is 0.0818. The van der Waals surface area contributed by atoms with Crippen LogP contribution in [0.15, 0.2) is 29.4 Å². The number of oxime groups is 1. The first kappa shape index (κ1) is 28.1. The summed E-state index contributed by atoms with van der Waals surface area (Å²) in [7, 11) is -2.01. The van der Waals surface area contributed by atoms with Crippen LogP contribution in [0.4, 0.5) is 24.5 Å². The Kier molecular flexibility index (Phi) is 9.50. The molecular formula is C22H27F3IN3O4Si. The number of amides is 1. The average Bonchev–Trinajstić information content (AvgIpc) is 2.73. The third kappa shape index (κ3) is 6.93. The zero-order chi connectivity index (χ0) is 25.7. The van der Waals surface area contributed by atoms with Crippen LogP contribution in [-0.2, 0) is 9.26 Å². The molecule has 186 valence electrons. The smallest absolute Gasteiger partial charge is 0.277 e. The number of nitrogens with zero attached hydrogens (tertiary/aromatic N) is 1. The van der Waals surface area contributed by atoms with Crippen molar-refractivity contribution in [2.24, 2.45) is 5.16 Å². The molecule has 0 aliphatic heterocycles. The van der Waals surface area contributed by atoms with Crippen LogP contribution in [0.3, 0.4) is 0 Å². The molecule has 0 atom stereocenters. The van der Waals surface area contributed by atoms with Crippen molar-refractivity contribution in [3.8, 4) is 0 Å². The average molecular weight is 609 g/mol. The number of halogens is 4. The molecule has 0 spiro atoms. The molecule has 0 saturated heterocycles. The minimum absolute atomic E-state index is 0.00209. The van der Waals surface area contributed by atoms with Crippen molar-refractivity contribution in [2.45, 2.75) is 38.9 Å². The zero-order valence-electron chi connectivity index (χ0n) is 19.4. The van der Waals surface area contributed by atoms with Gasteiger partial charge < -0.3 is 15.0 Å². The summed E-state index contributed by atoms with van der Waals surface area (Å²) in [6.07, 6.45) is 0.637. The van der Waals surface area contributed by atoms with Gasteiger partial charge in [-0.1, -0.05) is 25.9 Å². The number of rotatable bonds is 9. The molecule has 7 nitrogen and oxygen atoms in total. The molecule has 0 bridgehead atoms. The first-order chi connectivity index (χ1) is 15.8. The van der Waals surface area contributed by atoms with Crippen molar-refractivity contribution in [3.63, 3.8) is 0 Å². The van der Waals surface area contributed by atoms with Crippen LogP contribution in [0.25, 0.3) is 0 Å². The lowest BCUT2D eigenvalue weighted by Gasteiger charge is -2.36. The largest absolute Gasteiger partial charge is 0.414 e. The third-order valence-electron chi connectivity index (χ3n) is 5.49. The second-order valence-electron chi connectivity index (χ2n) is 8.90. The van der Waals surface area contributed by atoms with Gasteiger partial charge in [-0.15, -0.1) is 0 Å². The predicted molar refractivity (Wildman–Crippen MR) is 135 cm³/mol. The van der Waals surface area contributed by atoms with Crippen molar-refractivity contribution in [3.05, 3.63) is 56.4 Å². The van der Waals surface area contributed by atoms with Crippen LogP contribution >= 0.6 is 22.6 Å². The summed E-state index contributed by atoms with van der Waals surface area (Å²) in [5.74, 6) is -4.49. The van der Waals surface area contributed by atoms with Gasteiger partial charge in [0.05, 0.1) is 36.4 Å². The van der Waals surface area contributed by atoms with Crippen LogP contribution in [0, 0.1) is 21.0 Å². The van der Waals surface area contributed by atoms with E-state index in [4.69, 9.17) is 14.5 Å². The molecule has 0 saturated carbocycles. The molecule has 0 heterocycles. The normalized spacial score (nSPS) is 12.3. The Labute approximate surface area is 210 Å². The fourth-order valence-electron chi connectivity index (χ4n) is 2.56. The molecule has 12 heteroatoms. The van der Waals surface area contributed by atoms with Crippen molar-refractivity contribution in [2.75, 3.05) is 18.5 Å². The molecule has 1 amide bonds. The van der Waals surface area contributed by atoms with Gasteiger partial charge in [0.15, 0.2) is 20.0 Å². The topological polar surface area (TPSA) is 92.2 Å². The van der Waals surface area contributed by atoms with Crippen LogP contribution in [0.2, 0.25) is 18.1 Å². The highest BCUT2D eigenvalue weighted by Gasteiger charge is 2.36. The zero-order valence-corrected chi connectivity index (χ0v) is 22.6. The maximum atomic E-state index is 14.8. The van der Waals surface area contributed by atoms with Crippen LogP contribution in [0.5, 0.6) is 0 Å². The van der Waals surface area contributed by atoms with E-state index in [1.807, 2.05) is 22.6 Å². The Morgan fingerprint density at radius 2 is 1.85 bits per heavy atom. The van der Waals surface area contributed by atoms with Gasteiger partial charge in [-0.05, 0) is 65.0 Å². The molecule has 2 aromatic rings. The highest BCUT2D eigenvalue weighted by Crippen LogP contribution is 2.36. The van der Waals surface area contributed by atoms with E-state index >= 15 is 0 Å². The number of anilines is 2. The number of hydroxylamine groups is 1. The van der Waals surface area contributed by atoms with Crippen LogP contribution in [-0.4, -0.2) is 38.9 Å². The fraction of sp³-hybridized carbons (Fsp3) is 0.364. The number of nitrogens with one attached hydrogen (secondary N) is 2. The number of benzene rings is 2. The first-order valence-electron chi connectivity index (χ1n) is 10.3. The van der Waals surface area contributed by atoms with Crippen molar-refractivity contribution in [1.29, 1.82) is 0 Å². The van der Waals surface area contributed by atoms with Gasteiger partial charge >= 0.3 is 0 Å². The molecule has 0 fully saturated rings. The molecule has 0 radical (unpaired) electrons. The maximum absolute atomic E-state index is 14.8. The standard InChI is InChI=1S/C22H27F3IN3O4Si/c1-22(2,3)34(4,5)33-9-8-32-29-21(30)15-10-13(12-27-31)18(24)19(25)20(15)28-17-7-6-14(26)11-16(17)23/h6-7,10-12,28,31H,8-9H2,1-5H3,(H,29,30)/b27-12+. The highest BCUT2D eigenvalue weighted by molar-refractivity contribution is 14.1. The predicted octanol–water partition coefficient (Wildman–Crippen LogP) is 5.94. The van der Waals surface area contributed by atoms with Crippen LogP contribution < -0.4 is 10.8 Å². The van der Waals surface area contributed by atoms with E-state index in [1.54, 1.807) is 6.07 Å². The van der Waals surface area contributed by atoms with Gasteiger partial charge in [-0.2, -0.15) is 0 Å². The number of hydrogen-bond donors (Lipinski definition) is 3. The highest BCUT2D eigenvalue weighted by atomic mass is 127. The number of carbonyl (C=O) groups excluding carboxylic acids is 1. The lowest BCUT2D eigenvalue weighted by molar-refractivity contribution is 0.0184. The Hall–Kier alpha value is -2.16. The van der Waals surface area contributed by atoms with Gasteiger partial charge in [-0.3, -0.25) is 9.63 Å². The van der Waals surface area contributed by atoms with Gasteiger partial charge in [-0.25, -0.2) is 18.7 Å². The summed E-state index contributed by atoms with van der Waals surface area (Å²) in [4.78, 5) is 17.9. The molecule has 2 aromatic carbocycles. The fourth-order valence-corrected chi connectivity index (χ4v) is 4.04. The summed E-state index contributed by atoms with van der Waals surface area (Å²) >= 11 is 1.90. The summed E-state index contributed by atoms with van der Waals surface area (Å²) < 4.78 is 50.1. The first-order valence-corrected chi connectivity index (χ1v) is 14.2. The van der Waals surface area contributed by atoms with E-state index in [9.17, 15) is 18.0 Å². The van der Waals surface area contributed by atoms with E-state index in [1.165, 1.54) is 12.1 Å². The Bertz CT molecular complexity index is 1080. The Morgan fingerprint density at radius 3 is 2.44 bits per heavy atom. The lowest BCUT2D eigenvalue weighted by Crippen LogP contribution is -2.41. The molecular weight excluding hydrogens is 582 g/mol. The third-order valence-corrected chi connectivity index (χ3v) is 10.7. The molecule has 3 N–H and O–H groups in total. The van der Waals surface area contributed by atoms with E-state index in [0.717, 1.165) is 6.07 Å². The maximum Gasteiger partial charge on any atom is 0.277 e. The minimum Gasteiger partial charge on any atom is -0.414 e. The van der Waals surface area contributed by atoms with E-state index < -0.39 is 48.5 Å². The number of hydrogen-bond acceptors (Lipinski definition) is 6. The molecule has 2 rings (SSSR count). The van der Waals surface area contributed by atoms with Crippen LogP contribution in [0.1, 0.15) is 36.7 Å². The van der Waals surface area contributed by atoms with Gasteiger partial charge in [0.25, 0.3) is 5.91 Å². The minimum atomic E-state index is -2.01. The van der Waals surface area contributed by atoms with Crippen molar-refractivity contribution >= 4 is 54.4 Å². The second kappa shape index (κ2) is 11.5.